The van der Waals surface area contributed by atoms with Gasteiger partial charge in [0.05, 0.1) is 6.54 Å². The third kappa shape index (κ3) is 3.69. The molecule has 0 spiro atoms. The first-order valence-electron chi connectivity index (χ1n) is 5.97. The fraction of sp³-hybridized carbons (Fsp3) is 0.538. The zero-order valence-corrected chi connectivity index (χ0v) is 10.2. The second kappa shape index (κ2) is 6.12. The molecule has 0 amide bonds. The number of nitrogens with one attached hydrogen (secondary N) is 1. The van der Waals surface area contributed by atoms with Crippen molar-refractivity contribution in [2.75, 3.05) is 6.54 Å². The minimum Gasteiger partial charge on any atom is -0.448 e. The summed E-state index contributed by atoms with van der Waals surface area (Å²) < 4.78 is 5.26. The summed E-state index contributed by atoms with van der Waals surface area (Å²) in [7, 11) is 0. The monoisotopic (exact) mass is 239 g/mol. The van der Waals surface area contributed by atoms with E-state index in [1.54, 1.807) is 11.6 Å². The minimum absolute atomic E-state index is 0.465. The zero-order chi connectivity index (χ0) is 11.2. The normalized spacial score (nSPS) is 16.2. The van der Waals surface area contributed by atoms with Gasteiger partial charge in [0.25, 0.3) is 0 Å². The molecule has 0 aromatic carbocycles. The highest BCUT2D eigenvalue weighted by Gasteiger charge is 2.03. The Morgan fingerprint density at radius 3 is 2.94 bits per heavy atom. The molecule has 88 valence electrons. The second-order valence-corrected chi connectivity index (χ2v) is 4.61. The average Bonchev–Trinajstić information content (AvgIpc) is 2.72. The Kier molecular flexibility index (Phi) is 4.49. The van der Waals surface area contributed by atoms with E-state index in [9.17, 15) is 0 Å². The Labute approximate surface area is 102 Å². The van der Waals surface area contributed by atoms with Crippen LogP contribution in [0.25, 0.3) is 0 Å². The molecular weight excluding hydrogens is 222 g/mol. The standard InChI is InChI=1S/C13H18ClNO/c14-13-7-6-12(16-13)10-15-9-8-11-4-2-1-3-5-11/h4,6-7,15H,1-3,5,8-10H2. The number of rotatable bonds is 5. The van der Waals surface area contributed by atoms with E-state index in [0.717, 1.165) is 25.3 Å². The van der Waals surface area contributed by atoms with E-state index in [1.807, 2.05) is 6.07 Å². The number of halogens is 1. The van der Waals surface area contributed by atoms with E-state index in [4.69, 9.17) is 16.0 Å². The van der Waals surface area contributed by atoms with E-state index in [0.29, 0.717) is 5.22 Å². The van der Waals surface area contributed by atoms with Gasteiger partial charge in [-0.05, 0) is 62.4 Å². The van der Waals surface area contributed by atoms with Crippen LogP contribution in [0.4, 0.5) is 0 Å². The van der Waals surface area contributed by atoms with Gasteiger partial charge in [0.15, 0.2) is 5.22 Å². The lowest BCUT2D eigenvalue weighted by atomic mass is 9.97. The molecule has 0 unspecified atom stereocenters. The molecule has 0 bridgehead atoms. The maximum absolute atomic E-state index is 5.69. The van der Waals surface area contributed by atoms with Crippen molar-refractivity contribution in [1.82, 2.24) is 5.32 Å². The largest absolute Gasteiger partial charge is 0.448 e. The fourth-order valence-corrected chi connectivity index (χ4v) is 2.20. The van der Waals surface area contributed by atoms with Gasteiger partial charge in [-0.25, -0.2) is 0 Å². The molecule has 1 aliphatic carbocycles. The van der Waals surface area contributed by atoms with E-state index >= 15 is 0 Å². The molecule has 3 heteroatoms. The van der Waals surface area contributed by atoms with Crippen LogP contribution in [0.3, 0.4) is 0 Å². The zero-order valence-electron chi connectivity index (χ0n) is 9.47. The van der Waals surface area contributed by atoms with E-state index in [1.165, 1.54) is 25.7 Å². The van der Waals surface area contributed by atoms with Gasteiger partial charge >= 0.3 is 0 Å². The Morgan fingerprint density at radius 1 is 1.31 bits per heavy atom. The van der Waals surface area contributed by atoms with Crippen LogP contribution in [0.5, 0.6) is 0 Å². The number of allylic oxidation sites excluding steroid dienone is 1. The Balaban J connectivity index is 1.63. The molecule has 2 rings (SSSR count). The molecular formula is C13H18ClNO. The molecule has 1 aromatic rings. The van der Waals surface area contributed by atoms with Gasteiger partial charge in [0.2, 0.25) is 0 Å². The first kappa shape index (κ1) is 11.7. The highest BCUT2D eigenvalue weighted by atomic mass is 35.5. The summed E-state index contributed by atoms with van der Waals surface area (Å²) in [5, 5.41) is 3.83. The molecule has 1 aliphatic rings. The van der Waals surface area contributed by atoms with Crippen LogP contribution in [0.2, 0.25) is 5.22 Å². The predicted molar refractivity (Wildman–Crippen MR) is 66.6 cm³/mol. The molecule has 0 saturated heterocycles. The van der Waals surface area contributed by atoms with Crippen molar-refractivity contribution in [2.24, 2.45) is 0 Å². The lowest BCUT2D eigenvalue weighted by Crippen LogP contribution is -2.15. The molecule has 0 fully saturated rings. The maximum atomic E-state index is 5.69. The number of furan rings is 1. The Morgan fingerprint density at radius 2 is 2.25 bits per heavy atom. The topological polar surface area (TPSA) is 25.2 Å². The molecule has 0 radical (unpaired) electrons. The summed E-state index contributed by atoms with van der Waals surface area (Å²) in [5.41, 5.74) is 1.61. The van der Waals surface area contributed by atoms with Crippen LogP contribution in [-0.2, 0) is 6.54 Å². The van der Waals surface area contributed by atoms with Crippen LogP contribution >= 0.6 is 11.6 Å². The number of hydrogen-bond donors (Lipinski definition) is 1. The molecule has 16 heavy (non-hydrogen) atoms. The van der Waals surface area contributed by atoms with Crippen LogP contribution in [0.15, 0.2) is 28.2 Å². The molecule has 2 nitrogen and oxygen atoms in total. The van der Waals surface area contributed by atoms with Crippen molar-refractivity contribution >= 4 is 11.6 Å². The van der Waals surface area contributed by atoms with Crippen molar-refractivity contribution < 1.29 is 4.42 Å². The van der Waals surface area contributed by atoms with Crippen LogP contribution in [0, 0.1) is 0 Å². The molecule has 0 saturated carbocycles. The Bertz CT molecular complexity index is 357. The molecule has 1 heterocycles. The van der Waals surface area contributed by atoms with Crippen molar-refractivity contribution in [3.8, 4) is 0 Å². The van der Waals surface area contributed by atoms with Crippen molar-refractivity contribution in [3.63, 3.8) is 0 Å². The first-order valence-corrected chi connectivity index (χ1v) is 6.35. The lowest BCUT2D eigenvalue weighted by molar-refractivity contribution is 0.484. The van der Waals surface area contributed by atoms with Crippen LogP contribution in [-0.4, -0.2) is 6.54 Å². The third-order valence-corrected chi connectivity index (χ3v) is 3.14. The molecule has 1 aromatic heterocycles. The summed E-state index contributed by atoms with van der Waals surface area (Å²) in [6.07, 6.45) is 8.84. The number of hydrogen-bond acceptors (Lipinski definition) is 2. The molecule has 1 N–H and O–H groups in total. The second-order valence-electron chi connectivity index (χ2n) is 4.24. The van der Waals surface area contributed by atoms with Crippen molar-refractivity contribution in [2.45, 2.75) is 38.6 Å². The quantitative estimate of drug-likeness (QED) is 0.623. The molecule has 0 atom stereocenters. The summed E-state index contributed by atoms with van der Waals surface area (Å²) in [6, 6.07) is 3.69. The predicted octanol–water partition coefficient (Wildman–Crippen LogP) is 3.91. The van der Waals surface area contributed by atoms with Crippen molar-refractivity contribution in [1.29, 1.82) is 0 Å². The summed E-state index contributed by atoms with van der Waals surface area (Å²) in [4.78, 5) is 0. The van der Waals surface area contributed by atoms with Gasteiger partial charge in [-0.15, -0.1) is 0 Å². The minimum atomic E-state index is 0.465. The highest BCUT2D eigenvalue weighted by Crippen LogP contribution is 2.19. The summed E-state index contributed by atoms with van der Waals surface area (Å²) in [6.45, 7) is 1.78. The van der Waals surface area contributed by atoms with Crippen LogP contribution in [0.1, 0.15) is 37.9 Å². The maximum Gasteiger partial charge on any atom is 0.193 e. The van der Waals surface area contributed by atoms with Gasteiger partial charge in [0, 0.05) is 0 Å². The highest BCUT2D eigenvalue weighted by molar-refractivity contribution is 6.28. The Hall–Kier alpha value is -0.730. The van der Waals surface area contributed by atoms with E-state index in [2.05, 4.69) is 11.4 Å². The smallest absolute Gasteiger partial charge is 0.193 e. The summed E-state index contributed by atoms with van der Waals surface area (Å²) >= 11 is 5.69. The first-order chi connectivity index (χ1) is 7.84. The molecule has 0 aliphatic heterocycles. The van der Waals surface area contributed by atoms with E-state index < -0.39 is 0 Å². The van der Waals surface area contributed by atoms with E-state index in [-0.39, 0.29) is 0 Å². The van der Waals surface area contributed by atoms with Gasteiger partial charge in [0.1, 0.15) is 5.76 Å². The third-order valence-electron chi connectivity index (χ3n) is 2.94. The SMILES string of the molecule is Clc1ccc(CNCCC2=CCCCC2)o1. The van der Waals surface area contributed by atoms with Gasteiger partial charge in [-0.3, -0.25) is 0 Å². The lowest BCUT2D eigenvalue weighted by Gasteiger charge is -2.12. The van der Waals surface area contributed by atoms with Crippen LogP contribution < -0.4 is 5.32 Å². The van der Waals surface area contributed by atoms with Gasteiger partial charge < -0.3 is 9.73 Å². The fourth-order valence-electron chi connectivity index (χ4n) is 2.04. The summed E-state index contributed by atoms with van der Waals surface area (Å²) in [5.74, 6) is 0.905. The average molecular weight is 240 g/mol. The van der Waals surface area contributed by atoms with Crippen molar-refractivity contribution in [3.05, 3.63) is 34.8 Å². The van der Waals surface area contributed by atoms with Gasteiger partial charge in [-0.2, -0.15) is 0 Å². The van der Waals surface area contributed by atoms with Gasteiger partial charge in [-0.1, -0.05) is 11.6 Å².